The van der Waals surface area contributed by atoms with Crippen molar-refractivity contribution >= 4 is 0 Å². The molecule has 1 fully saturated rings. The fourth-order valence-electron chi connectivity index (χ4n) is 1.56. The lowest BCUT2D eigenvalue weighted by Gasteiger charge is -2.09. The van der Waals surface area contributed by atoms with Gasteiger partial charge in [0.05, 0.1) is 19.2 Å². The summed E-state index contributed by atoms with van der Waals surface area (Å²) < 4.78 is 7.17. The van der Waals surface area contributed by atoms with Crippen molar-refractivity contribution in [2.24, 2.45) is 0 Å². The van der Waals surface area contributed by atoms with Crippen molar-refractivity contribution in [1.82, 2.24) is 25.5 Å². The second-order valence-electron chi connectivity index (χ2n) is 3.34. The van der Waals surface area contributed by atoms with Crippen LogP contribution in [-0.4, -0.2) is 40.0 Å². The molecule has 0 radical (unpaired) electrons. The summed E-state index contributed by atoms with van der Waals surface area (Å²) in [5.41, 5.74) is 0. The molecule has 1 unspecified atom stereocenters. The van der Waals surface area contributed by atoms with E-state index in [-0.39, 0.29) is 0 Å². The predicted molar refractivity (Wildman–Crippen MR) is 49.7 cm³/mol. The Kier molecular flexibility index (Phi) is 3.05. The molecule has 1 saturated heterocycles. The maximum absolute atomic E-state index is 5.30. The maximum Gasteiger partial charge on any atom is 0.165 e. The third kappa shape index (κ3) is 1.91. The van der Waals surface area contributed by atoms with Crippen molar-refractivity contribution in [1.29, 1.82) is 0 Å². The molecule has 1 aliphatic rings. The molecule has 0 saturated carbocycles. The van der Waals surface area contributed by atoms with Crippen molar-refractivity contribution in [2.75, 3.05) is 19.8 Å². The van der Waals surface area contributed by atoms with Crippen LogP contribution in [0.1, 0.15) is 25.2 Å². The summed E-state index contributed by atoms with van der Waals surface area (Å²) in [4.78, 5) is 0. The maximum atomic E-state index is 5.30. The lowest BCUT2D eigenvalue weighted by Crippen LogP contribution is -2.20. The van der Waals surface area contributed by atoms with E-state index in [9.17, 15) is 0 Å². The fourth-order valence-corrected chi connectivity index (χ4v) is 1.56. The average Bonchev–Trinajstić information content (AvgIpc) is 2.84. The van der Waals surface area contributed by atoms with Gasteiger partial charge >= 0.3 is 0 Å². The summed E-state index contributed by atoms with van der Waals surface area (Å²) in [7, 11) is 0. The molecule has 1 aromatic rings. The molecule has 0 aromatic carbocycles. The van der Waals surface area contributed by atoms with Gasteiger partial charge in [0.15, 0.2) is 5.82 Å². The summed E-state index contributed by atoms with van der Waals surface area (Å²) in [6.45, 7) is 5.25. The number of hydrogen-bond acceptors (Lipinski definition) is 5. The second-order valence-corrected chi connectivity index (χ2v) is 3.34. The lowest BCUT2D eigenvalue weighted by molar-refractivity contribution is 0.183. The zero-order chi connectivity index (χ0) is 9.80. The van der Waals surface area contributed by atoms with E-state index in [0.717, 1.165) is 38.5 Å². The second kappa shape index (κ2) is 4.47. The summed E-state index contributed by atoms with van der Waals surface area (Å²) in [5, 5.41) is 14.9. The molecule has 1 N–H and O–H groups in total. The average molecular weight is 197 g/mol. The fraction of sp³-hybridized carbons (Fsp3) is 0.875. The van der Waals surface area contributed by atoms with Crippen molar-refractivity contribution in [3.8, 4) is 0 Å². The molecule has 0 spiro atoms. The Hall–Kier alpha value is -1.01. The van der Waals surface area contributed by atoms with Crippen LogP contribution in [-0.2, 0) is 11.3 Å². The van der Waals surface area contributed by atoms with Gasteiger partial charge in [0, 0.05) is 6.61 Å². The summed E-state index contributed by atoms with van der Waals surface area (Å²) in [5.74, 6) is 0.891. The van der Waals surface area contributed by atoms with Crippen molar-refractivity contribution in [3.63, 3.8) is 0 Å². The van der Waals surface area contributed by atoms with E-state index in [1.54, 1.807) is 0 Å². The lowest BCUT2D eigenvalue weighted by atomic mass is 10.3. The Morgan fingerprint density at radius 3 is 3.29 bits per heavy atom. The SMILES string of the molecule is CCNCc1nnnn1C1CCOC1. The van der Waals surface area contributed by atoms with Gasteiger partial charge in [-0.3, -0.25) is 0 Å². The van der Waals surface area contributed by atoms with Gasteiger partial charge in [0.25, 0.3) is 0 Å². The van der Waals surface area contributed by atoms with Gasteiger partial charge in [-0.25, -0.2) is 4.68 Å². The Bertz CT molecular complexity index is 281. The predicted octanol–water partition coefficient (Wildman–Crippen LogP) is -0.256. The van der Waals surface area contributed by atoms with Gasteiger partial charge < -0.3 is 10.1 Å². The Labute approximate surface area is 82.6 Å². The van der Waals surface area contributed by atoms with Crippen LogP contribution >= 0.6 is 0 Å². The highest BCUT2D eigenvalue weighted by Crippen LogP contribution is 2.17. The van der Waals surface area contributed by atoms with Crippen LogP contribution in [0.2, 0.25) is 0 Å². The van der Waals surface area contributed by atoms with Crippen LogP contribution in [0, 0.1) is 0 Å². The van der Waals surface area contributed by atoms with Crippen LogP contribution in [0.4, 0.5) is 0 Å². The minimum Gasteiger partial charge on any atom is -0.379 e. The minimum atomic E-state index is 0.318. The molecule has 1 aliphatic heterocycles. The van der Waals surface area contributed by atoms with Gasteiger partial charge in [-0.15, -0.1) is 5.10 Å². The first-order chi connectivity index (χ1) is 6.92. The van der Waals surface area contributed by atoms with Crippen LogP contribution < -0.4 is 5.32 Å². The molecule has 1 aromatic heterocycles. The highest BCUT2D eigenvalue weighted by Gasteiger charge is 2.21. The molecule has 78 valence electrons. The Morgan fingerprint density at radius 2 is 2.57 bits per heavy atom. The molecular weight excluding hydrogens is 182 g/mol. The standard InChI is InChI=1S/C8H15N5O/c1-2-9-5-8-10-11-12-13(8)7-3-4-14-6-7/h7,9H,2-6H2,1H3. The van der Waals surface area contributed by atoms with E-state index < -0.39 is 0 Å². The van der Waals surface area contributed by atoms with Crippen molar-refractivity contribution in [3.05, 3.63) is 5.82 Å². The molecule has 0 bridgehead atoms. The summed E-state index contributed by atoms with van der Waals surface area (Å²) >= 11 is 0. The van der Waals surface area contributed by atoms with Gasteiger partial charge in [-0.05, 0) is 23.4 Å². The van der Waals surface area contributed by atoms with Gasteiger partial charge in [0.2, 0.25) is 0 Å². The minimum absolute atomic E-state index is 0.318. The summed E-state index contributed by atoms with van der Waals surface area (Å²) in [6.07, 6.45) is 1.00. The monoisotopic (exact) mass is 197 g/mol. The molecule has 14 heavy (non-hydrogen) atoms. The van der Waals surface area contributed by atoms with E-state index in [0.29, 0.717) is 6.04 Å². The number of rotatable bonds is 4. The molecule has 1 atom stereocenters. The summed E-state index contributed by atoms with van der Waals surface area (Å²) in [6, 6.07) is 0.318. The van der Waals surface area contributed by atoms with E-state index in [2.05, 4.69) is 27.8 Å². The number of ether oxygens (including phenoxy) is 1. The normalized spacial score (nSPS) is 21.6. The molecule has 2 rings (SSSR count). The van der Waals surface area contributed by atoms with Crippen LogP contribution in [0.3, 0.4) is 0 Å². The third-order valence-corrected chi connectivity index (χ3v) is 2.35. The molecular formula is C8H15N5O. The van der Waals surface area contributed by atoms with E-state index >= 15 is 0 Å². The van der Waals surface area contributed by atoms with Gasteiger partial charge in [-0.2, -0.15) is 0 Å². The Morgan fingerprint density at radius 1 is 1.64 bits per heavy atom. The zero-order valence-electron chi connectivity index (χ0n) is 8.31. The topological polar surface area (TPSA) is 64.9 Å². The molecule has 6 nitrogen and oxygen atoms in total. The Balaban J connectivity index is 2.04. The van der Waals surface area contributed by atoms with Crippen LogP contribution in [0.5, 0.6) is 0 Å². The van der Waals surface area contributed by atoms with E-state index in [4.69, 9.17) is 4.74 Å². The first kappa shape index (κ1) is 9.54. The number of tetrazole rings is 1. The number of hydrogen-bond donors (Lipinski definition) is 1. The van der Waals surface area contributed by atoms with Crippen LogP contribution in [0.25, 0.3) is 0 Å². The largest absolute Gasteiger partial charge is 0.379 e. The third-order valence-electron chi connectivity index (χ3n) is 2.35. The van der Waals surface area contributed by atoms with Crippen LogP contribution in [0.15, 0.2) is 0 Å². The van der Waals surface area contributed by atoms with E-state index in [1.807, 2.05) is 4.68 Å². The molecule has 0 amide bonds. The van der Waals surface area contributed by atoms with Gasteiger partial charge in [0.1, 0.15) is 0 Å². The highest BCUT2D eigenvalue weighted by atomic mass is 16.5. The highest BCUT2D eigenvalue weighted by molar-refractivity contribution is 4.85. The zero-order valence-corrected chi connectivity index (χ0v) is 8.31. The van der Waals surface area contributed by atoms with Crippen molar-refractivity contribution in [2.45, 2.75) is 25.9 Å². The molecule has 2 heterocycles. The van der Waals surface area contributed by atoms with E-state index in [1.165, 1.54) is 0 Å². The van der Waals surface area contributed by atoms with Gasteiger partial charge in [-0.1, -0.05) is 6.92 Å². The first-order valence-corrected chi connectivity index (χ1v) is 4.97. The molecule has 0 aliphatic carbocycles. The quantitative estimate of drug-likeness (QED) is 0.720. The first-order valence-electron chi connectivity index (χ1n) is 4.97. The number of aromatic nitrogens is 4. The number of nitrogens with zero attached hydrogens (tertiary/aromatic N) is 4. The van der Waals surface area contributed by atoms with Crippen molar-refractivity contribution < 1.29 is 4.74 Å². The smallest absolute Gasteiger partial charge is 0.165 e. The number of nitrogens with one attached hydrogen (secondary N) is 1. The molecule has 6 heteroatoms.